The van der Waals surface area contributed by atoms with Crippen LogP contribution < -0.4 is 5.73 Å². The summed E-state index contributed by atoms with van der Waals surface area (Å²) in [4.78, 5) is 5.26. The van der Waals surface area contributed by atoms with E-state index < -0.39 is 0 Å². The summed E-state index contributed by atoms with van der Waals surface area (Å²) in [5.74, 6) is 0.883. The number of rotatable bonds is 5. The molecule has 2 unspecified atom stereocenters. The zero-order valence-electron chi connectivity index (χ0n) is 18.8. The number of benzene rings is 2. The molecule has 2 atom stereocenters. The van der Waals surface area contributed by atoms with Crippen molar-refractivity contribution in [3.63, 3.8) is 0 Å². The van der Waals surface area contributed by atoms with Gasteiger partial charge in [0, 0.05) is 17.3 Å². The minimum absolute atomic E-state index is 0.0178. The normalized spacial score (nSPS) is 23.3. The first-order valence-electron chi connectivity index (χ1n) is 11.8. The van der Waals surface area contributed by atoms with Crippen LogP contribution in [0.1, 0.15) is 67.1 Å². The summed E-state index contributed by atoms with van der Waals surface area (Å²) < 4.78 is 0. The highest BCUT2D eigenvalue weighted by atomic mass is 15.5. The summed E-state index contributed by atoms with van der Waals surface area (Å²) in [7, 11) is 0. The maximum absolute atomic E-state index is 6.57. The molecule has 3 heterocycles. The third-order valence-corrected chi connectivity index (χ3v) is 7.20. The average Bonchev–Trinajstić information content (AvgIpc) is 3.51. The average molecular weight is 437 g/mol. The summed E-state index contributed by atoms with van der Waals surface area (Å²) in [6.07, 6.45) is 8.09. The lowest BCUT2D eigenvalue weighted by Gasteiger charge is -2.38. The maximum Gasteiger partial charge on any atom is 0.155 e. The lowest BCUT2D eigenvalue weighted by atomic mass is 9.72. The van der Waals surface area contributed by atoms with Gasteiger partial charge in [0.1, 0.15) is 12.1 Å². The van der Waals surface area contributed by atoms with Gasteiger partial charge in [-0.15, -0.1) is 0 Å². The van der Waals surface area contributed by atoms with Gasteiger partial charge in [-0.3, -0.25) is 10.1 Å². The minimum atomic E-state index is -0.159. The van der Waals surface area contributed by atoms with Gasteiger partial charge < -0.3 is 5.73 Å². The predicted molar refractivity (Wildman–Crippen MR) is 132 cm³/mol. The number of nitrogens with two attached hydrogens (primary N) is 1. The molecule has 2 aliphatic heterocycles. The van der Waals surface area contributed by atoms with E-state index in [2.05, 4.69) is 82.8 Å². The van der Waals surface area contributed by atoms with E-state index in [1.807, 2.05) is 6.07 Å². The second-order valence-corrected chi connectivity index (χ2v) is 9.20. The number of hydrogen-bond acceptors (Lipinski definition) is 5. The summed E-state index contributed by atoms with van der Waals surface area (Å²) in [6, 6.07) is 21.3. The van der Waals surface area contributed by atoms with Crippen LogP contribution in [-0.2, 0) is 5.54 Å². The number of amidine groups is 1. The van der Waals surface area contributed by atoms with Crippen molar-refractivity contribution < 1.29 is 0 Å². The molecular weight excluding hydrogens is 408 g/mol. The first-order chi connectivity index (χ1) is 16.2. The standard InChI is InChI=1S/C27H28N6/c1-2-21-17-22(23-13-16-29-31-23)26-30-24(25(33(26)32-21)19-7-4-3-5-8-19)18-9-11-20(12-10-18)27(28)14-6-15-27/h3-5,7-13,16-17,24-25H,2,6,14-15,28H2,1H3,(H,29,31). The van der Waals surface area contributed by atoms with E-state index >= 15 is 0 Å². The first kappa shape index (κ1) is 20.1. The molecule has 33 heavy (non-hydrogen) atoms. The predicted octanol–water partition coefficient (Wildman–Crippen LogP) is 5.11. The third kappa shape index (κ3) is 3.33. The van der Waals surface area contributed by atoms with Crippen LogP contribution in [0, 0.1) is 0 Å². The van der Waals surface area contributed by atoms with Crippen LogP contribution in [-0.4, -0.2) is 26.8 Å². The molecule has 6 heteroatoms. The Morgan fingerprint density at radius 1 is 1.03 bits per heavy atom. The van der Waals surface area contributed by atoms with Crippen LogP contribution in [0.15, 0.2) is 83.0 Å². The van der Waals surface area contributed by atoms with Crippen molar-refractivity contribution in [3.05, 3.63) is 95.3 Å². The Balaban J connectivity index is 1.45. The highest BCUT2D eigenvalue weighted by Gasteiger charge is 2.42. The van der Waals surface area contributed by atoms with E-state index in [4.69, 9.17) is 15.8 Å². The molecule has 3 aromatic rings. The fourth-order valence-electron chi connectivity index (χ4n) is 5.09. The number of hydrogen-bond donors (Lipinski definition) is 2. The van der Waals surface area contributed by atoms with Crippen molar-refractivity contribution in [1.82, 2.24) is 15.2 Å². The van der Waals surface area contributed by atoms with Crippen LogP contribution in [0.25, 0.3) is 5.57 Å². The Morgan fingerprint density at radius 3 is 2.45 bits per heavy atom. The second kappa shape index (κ2) is 7.81. The van der Waals surface area contributed by atoms with E-state index in [1.54, 1.807) is 6.20 Å². The molecule has 2 aromatic carbocycles. The minimum Gasteiger partial charge on any atom is -0.321 e. The van der Waals surface area contributed by atoms with Crippen molar-refractivity contribution in [1.29, 1.82) is 0 Å². The zero-order chi connectivity index (χ0) is 22.4. The third-order valence-electron chi connectivity index (χ3n) is 7.20. The molecule has 0 radical (unpaired) electrons. The summed E-state index contributed by atoms with van der Waals surface area (Å²) >= 11 is 0. The Morgan fingerprint density at radius 2 is 1.82 bits per heavy atom. The van der Waals surface area contributed by atoms with Gasteiger partial charge >= 0.3 is 0 Å². The molecule has 1 fully saturated rings. The molecule has 0 amide bonds. The molecule has 1 saturated carbocycles. The van der Waals surface area contributed by atoms with Gasteiger partial charge in [-0.25, -0.2) is 5.01 Å². The monoisotopic (exact) mass is 436 g/mol. The largest absolute Gasteiger partial charge is 0.321 e. The molecule has 1 aliphatic carbocycles. The van der Waals surface area contributed by atoms with E-state index in [1.165, 1.54) is 23.1 Å². The fraction of sp³-hybridized carbons (Fsp3) is 0.296. The van der Waals surface area contributed by atoms with Gasteiger partial charge in [-0.2, -0.15) is 10.2 Å². The molecular formula is C27H28N6. The molecule has 3 N–H and O–H groups in total. The SMILES string of the molecule is CCC1=NN2C(=NC(c3ccc(C4(N)CCC4)cc3)C2c2ccccc2)C(c2ccn[nH]2)=C1. The van der Waals surface area contributed by atoms with E-state index in [0.717, 1.165) is 42.1 Å². The highest BCUT2D eigenvalue weighted by Crippen LogP contribution is 2.46. The van der Waals surface area contributed by atoms with E-state index in [0.29, 0.717) is 0 Å². The number of nitrogens with one attached hydrogen (secondary N) is 1. The van der Waals surface area contributed by atoms with Crippen molar-refractivity contribution in [2.45, 2.75) is 50.2 Å². The van der Waals surface area contributed by atoms with Gasteiger partial charge in [-0.1, -0.05) is 61.5 Å². The van der Waals surface area contributed by atoms with Crippen molar-refractivity contribution in [2.24, 2.45) is 15.8 Å². The molecule has 0 spiro atoms. The van der Waals surface area contributed by atoms with Gasteiger partial charge in [0.2, 0.25) is 0 Å². The molecule has 166 valence electrons. The Hall–Kier alpha value is -3.51. The van der Waals surface area contributed by atoms with Gasteiger partial charge in [-0.05, 0) is 54.5 Å². The molecule has 6 nitrogen and oxygen atoms in total. The lowest BCUT2D eigenvalue weighted by molar-refractivity contribution is 0.253. The van der Waals surface area contributed by atoms with E-state index in [9.17, 15) is 0 Å². The Labute approximate surface area is 193 Å². The van der Waals surface area contributed by atoms with E-state index in [-0.39, 0.29) is 17.6 Å². The van der Waals surface area contributed by atoms with Crippen molar-refractivity contribution in [3.8, 4) is 0 Å². The van der Waals surface area contributed by atoms with Gasteiger partial charge in [0.15, 0.2) is 5.84 Å². The number of H-pyrrole nitrogens is 1. The highest BCUT2D eigenvalue weighted by molar-refractivity contribution is 6.28. The van der Waals surface area contributed by atoms with Crippen LogP contribution in [0.3, 0.4) is 0 Å². The summed E-state index contributed by atoms with van der Waals surface area (Å²) in [6.45, 7) is 2.13. The van der Waals surface area contributed by atoms with Crippen LogP contribution >= 0.6 is 0 Å². The van der Waals surface area contributed by atoms with Crippen molar-refractivity contribution >= 4 is 17.1 Å². The number of aromatic amines is 1. The molecule has 0 saturated heterocycles. The molecule has 6 rings (SSSR count). The van der Waals surface area contributed by atoms with Crippen LogP contribution in [0.5, 0.6) is 0 Å². The number of hydrazone groups is 1. The number of aromatic nitrogens is 2. The quantitative estimate of drug-likeness (QED) is 0.583. The number of aliphatic imine (C=N–C) groups is 1. The summed E-state index contributed by atoms with van der Waals surface area (Å²) in [5.41, 5.74) is 13.0. The molecule has 0 bridgehead atoms. The molecule has 1 aromatic heterocycles. The Kier molecular flexibility index (Phi) is 4.76. The van der Waals surface area contributed by atoms with Crippen LogP contribution in [0.4, 0.5) is 0 Å². The van der Waals surface area contributed by atoms with Gasteiger partial charge in [0.25, 0.3) is 0 Å². The van der Waals surface area contributed by atoms with Gasteiger partial charge in [0.05, 0.1) is 11.4 Å². The van der Waals surface area contributed by atoms with Crippen LogP contribution in [0.2, 0.25) is 0 Å². The smallest absolute Gasteiger partial charge is 0.155 e. The zero-order valence-corrected chi connectivity index (χ0v) is 18.8. The molecule has 3 aliphatic rings. The topological polar surface area (TPSA) is 82.7 Å². The Bertz CT molecular complexity index is 1230. The maximum atomic E-state index is 6.57. The van der Waals surface area contributed by atoms with Crippen molar-refractivity contribution in [2.75, 3.05) is 0 Å². The number of fused-ring (bicyclic) bond motifs is 1. The number of allylic oxidation sites excluding steroid dienone is 1. The fourth-order valence-corrected chi connectivity index (χ4v) is 5.09. The number of nitrogens with zero attached hydrogens (tertiary/aromatic N) is 4. The second-order valence-electron chi connectivity index (χ2n) is 9.20. The first-order valence-corrected chi connectivity index (χ1v) is 11.8. The lowest BCUT2D eigenvalue weighted by Crippen LogP contribution is -2.43. The summed E-state index contributed by atoms with van der Waals surface area (Å²) in [5, 5.41) is 14.4.